The molecule has 88 valence electrons. The van der Waals surface area contributed by atoms with E-state index >= 15 is 0 Å². The van der Waals surface area contributed by atoms with Gasteiger partial charge in [0.05, 0.1) is 0 Å². The Morgan fingerprint density at radius 3 is 2.06 bits per heavy atom. The van der Waals surface area contributed by atoms with E-state index in [1.54, 1.807) is 0 Å². The van der Waals surface area contributed by atoms with Gasteiger partial charge in [0.1, 0.15) is 12.3 Å². The molecule has 1 fully saturated rings. The topological polar surface area (TPSA) is 0 Å². The summed E-state index contributed by atoms with van der Waals surface area (Å²) in [6.07, 6.45) is 4.57. The van der Waals surface area contributed by atoms with Crippen molar-refractivity contribution in [3.8, 4) is 11.7 Å². The molecular formula is C13H16F2S. The van der Waals surface area contributed by atoms with E-state index in [-0.39, 0.29) is 5.75 Å². The molecule has 0 aliphatic heterocycles. The summed E-state index contributed by atoms with van der Waals surface area (Å²) < 4.78 is 27.3. The minimum absolute atomic E-state index is 0.235. The molecular weight excluding hydrogens is 226 g/mol. The molecule has 1 aliphatic carbocycles. The standard InChI is InChI=1S/C13H16F2S/c1-4-16(5-2,6-3)10-11-12(14)8-7-9-13(11)15/h1,11-13H,2-3,7-10H2. The maximum atomic E-state index is 13.6. The van der Waals surface area contributed by atoms with E-state index < -0.39 is 27.5 Å². The highest BCUT2D eigenvalue weighted by atomic mass is 32.2. The van der Waals surface area contributed by atoms with Crippen molar-refractivity contribution in [2.75, 3.05) is 5.75 Å². The van der Waals surface area contributed by atoms with Gasteiger partial charge in [-0.15, -0.1) is 6.42 Å². The Kier molecular flexibility index (Phi) is 4.44. The zero-order valence-corrected chi connectivity index (χ0v) is 10.0. The molecule has 0 N–H and O–H groups in total. The average molecular weight is 242 g/mol. The van der Waals surface area contributed by atoms with Crippen molar-refractivity contribution in [3.05, 3.63) is 13.2 Å². The van der Waals surface area contributed by atoms with Gasteiger partial charge in [0.2, 0.25) is 0 Å². The van der Waals surface area contributed by atoms with Gasteiger partial charge in [-0.2, -0.15) is 0 Å². The van der Waals surface area contributed by atoms with E-state index in [0.717, 1.165) is 0 Å². The maximum Gasteiger partial charge on any atom is 0.107 e. The minimum Gasteiger partial charge on any atom is -0.247 e. The Balaban J connectivity index is 3.01. The fourth-order valence-corrected chi connectivity index (χ4v) is 3.56. The summed E-state index contributed by atoms with van der Waals surface area (Å²) in [5.41, 5.74) is 0. The Morgan fingerprint density at radius 2 is 1.69 bits per heavy atom. The summed E-state index contributed by atoms with van der Waals surface area (Å²) in [6.45, 7) is 7.03. The molecule has 2 unspecified atom stereocenters. The number of halogens is 2. The van der Waals surface area contributed by atoms with Gasteiger partial charge >= 0.3 is 0 Å². The Morgan fingerprint density at radius 1 is 1.19 bits per heavy atom. The van der Waals surface area contributed by atoms with Gasteiger partial charge < -0.3 is 0 Å². The van der Waals surface area contributed by atoms with Gasteiger partial charge in [-0.1, -0.05) is 19.3 Å². The molecule has 1 saturated carbocycles. The van der Waals surface area contributed by atoms with E-state index in [0.29, 0.717) is 19.3 Å². The molecule has 0 aromatic rings. The molecule has 0 heterocycles. The van der Waals surface area contributed by atoms with E-state index in [9.17, 15) is 8.78 Å². The van der Waals surface area contributed by atoms with Crippen molar-refractivity contribution < 1.29 is 8.78 Å². The molecule has 0 amide bonds. The van der Waals surface area contributed by atoms with Crippen LogP contribution in [0.1, 0.15) is 19.3 Å². The molecule has 3 heteroatoms. The van der Waals surface area contributed by atoms with Crippen LogP contribution in [0.3, 0.4) is 0 Å². The second kappa shape index (κ2) is 5.41. The first-order valence-electron chi connectivity index (χ1n) is 5.22. The van der Waals surface area contributed by atoms with Crippen LogP contribution in [0.5, 0.6) is 0 Å². The Bertz CT molecular complexity index is 423. The zero-order valence-electron chi connectivity index (χ0n) is 9.22. The van der Waals surface area contributed by atoms with Crippen LogP contribution < -0.4 is 0 Å². The fourth-order valence-electron chi connectivity index (χ4n) is 1.96. The van der Waals surface area contributed by atoms with Gasteiger partial charge in [-0.05, 0) is 37.7 Å². The number of alkyl halides is 2. The third-order valence-corrected chi connectivity index (χ3v) is 5.30. The van der Waals surface area contributed by atoms with Crippen molar-refractivity contribution in [3.63, 3.8) is 0 Å². The highest BCUT2D eigenvalue weighted by molar-refractivity contribution is 8.32. The Hall–Kier alpha value is -0.930. The highest BCUT2D eigenvalue weighted by Gasteiger charge is 2.34. The van der Waals surface area contributed by atoms with Crippen molar-refractivity contribution in [2.45, 2.75) is 31.6 Å². The predicted octanol–water partition coefficient (Wildman–Crippen LogP) is 3.03. The average Bonchev–Trinajstić information content (AvgIpc) is 2.30. The lowest BCUT2D eigenvalue weighted by molar-refractivity contribution is 0.0913. The molecule has 0 aromatic heterocycles. The molecule has 16 heavy (non-hydrogen) atoms. The zero-order chi connectivity index (χ0) is 12.2. The summed E-state index contributed by atoms with van der Waals surface area (Å²) in [4.78, 5) is 0. The summed E-state index contributed by atoms with van der Waals surface area (Å²) >= 11 is 0. The lowest BCUT2D eigenvalue weighted by Gasteiger charge is -2.30. The summed E-state index contributed by atoms with van der Waals surface area (Å²) in [5, 5.41) is 7.89. The number of hydrogen-bond donors (Lipinski definition) is 0. The second-order valence-corrected chi connectivity index (χ2v) is 6.56. The molecule has 0 aromatic carbocycles. The predicted molar refractivity (Wildman–Crippen MR) is 69.7 cm³/mol. The molecule has 0 radical (unpaired) electrons. The van der Waals surface area contributed by atoms with Crippen molar-refractivity contribution in [1.82, 2.24) is 0 Å². The second-order valence-electron chi connectivity index (χ2n) is 3.94. The fraction of sp³-hybridized carbons (Fsp3) is 0.538. The monoisotopic (exact) mass is 242 g/mol. The van der Waals surface area contributed by atoms with Crippen LogP contribution in [-0.4, -0.2) is 28.1 Å². The third-order valence-electron chi connectivity index (χ3n) is 3.03. The van der Waals surface area contributed by atoms with Crippen LogP contribution in [-0.2, 0) is 0 Å². The molecule has 0 nitrogen and oxygen atoms in total. The van der Waals surface area contributed by atoms with Crippen LogP contribution in [0.2, 0.25) is 0 Å². The first kappa shape index (κ1) is 13.1. The van der Waals surface area contributed by atoms with E-state index in [1.807, 2.05) is 0 Å². The number of hydrogen-bond acceptors (Lipinski definition) is 0. The van der Waals surface area contributed by atoms with Crippen LogP contribution >= 0.6 is 9.21 Å². The van der Waals surface area contributed by atoms with E-state index in [4.69, 9.17) is 6.42 Å². The van der Waals surface area contributed by atoms with E-state index in [2.05, 4.69) is 28.5 Å². The summed E-state index contributed by atoms with van der Waals surface area (Å²) in [6, 6.07) is 0. The van der Waals surface area contributed by atoms with Crippen LogP contribution in [0.25, 0.3) is 0 Å². The molecule has 0 bridgehead atoms. The first-order valence-corrected chi connectivity index (χ1v) is 7.03. The largest absolute Gasteiger partial charge is 0.247 e. The van der Waals surface area contributed by atoms with Crippen molar-refractivity contribution in [2.24, 2.45) is 5.92 Å². The molecule has 1 rings (SSSR count). The SMILES string of the molecule is C#CS(=C=C)(=C=C)CC1C(F)CCCC1F. The summed E-state index contributed by atoms with van der Waals surface area (Å²) in [5.74, 6) is -0.415. The highest BCUT2D eigenvalue weighted by Crippen LogP contribution is 2.35. The van der Waals surface area contributed by atoms with Gasteiger partial charge in [-0.25, -0.2) is 8.78 Å². The smallest absolute Gasteiger partial charge is 0.107 e. The summed E-state index contributed by atoms with van der Waals surface area (Å²) in [7, 11) is -1.95. The van der Waals surface area contributed by atoms with Gasteiger partial charge in [-0.3, -0.25) is 0 Å². The lowest BCUT2D eigenvalue weighted by Crippen LogP contribution is -2.33. The van der Waals surface area contributed by atoms with Crippen molar-refractivity contribution >= 4 is 19.3 Å². The van der Waals surface area contributed by atoms with Gasteiger partial charge in [0.25, 0.3) is 0 Å². The maximum absolute atomic E-state index is 13.6. The van der Waals surface area contributed by atoms with Crippen molar-refractivity contribution in [1.29, 1.82) is 0 Å². The molecule has 0 saturated heterocycles. The normalized spacial score (nSPS) is 29.9. The number of terminal acetylenes is 1. The Labute approximate surface area is 96.5 Å². The molecule has 1 aliphatic rings. The molecule has 0 spiro atoms. The lowest BCUT2D eigenvalue weighted by atomic mass is 9.87. The minimum atomic E-state index is -1.95. The van der Waals surface area contributed by atoms with E-state index in [1.165, 1.54) is 0 Å². The van der Waals surface area contributed by atoms with Crippen LogP contribution in [0.15, 0.2) is 13.2 Å². The number of rotatable bonds is 2. The van der Waals surface area contributed by atoms with Gasteiger partial charge in [0, 0.05) is 11.7 Å². The quantitative estimate of drug-likeness (QED) is 0.516. The third kappa shape index (κ3) is 2.60. The van der Waals surface area contributed by atoms with Crippen LogP contribution in [0, 0.1) is 17.6 Å². The van der Waals surface area contributed by atoms with Gasteiger partial charge in [0.15, 0.2) is 0 Å². The van der Waals surface area contributed by atoms with Crippen LogP contribution in [0.4, 0.5) is 8.78 Å². The first-order chi connectivity index (χ1) is 7.58. The molecule has 2 atom stereocenters.